The maximum Gasteiger partial charge on any atom is 0.165 e. The van der Waals surface area contributed by atoms with Crippen LogP contribution in [0.25, 0.3) is 0 Å². The lowest BCUT2D eigenvalue weighted by Gasteiger charge is -2.32. The molecule has 0 saturated carbocycles. The van der Waals surface area contributed by atoms with Crippen molar-refractivity contribution in [2.75, 3.05) is 32.1 Å². The fourth-order valence-electron chi connectivity index (χ4n) is 2.60. The van der Waals surface area contributed by atoms with Gasteiger partial charge in [0.15, 0.2) is 11.6 Å². The highest BCUT2D eigenvalue weighted by atomic mass is 19.1. The highest BCUT2D eigenvalue weighted by Crippen LogP contribution is 2.23. The van der Waals surface area contributed by atoms with E-state index in [2.05, 4.69) is 17.1 Å². The number of ether oxygens (including phenoxy) is 1. The van der Waals surface area contributed by atoms with Crippen molar-refractivity contribution in [3.63, 3.8) is 0 Å². The summed E-state index contributed by atoms with van der Waals surface area (Å²) in [6.07, 6.45) is 3.49. The first-order chi connectivity index (χ1) is 9.22. The first-order valence-electron chi connectivity index (χ1n) is 7.05. The maximum absolute atomic E-state index is 13.3. The van der Waals surface area contributed by atoms with Gasteiger partial charge in [-0.05, 0) is 37.9 Å². The van der Waals surface area contributed by atoms with Crippen molar-refractivity contribution >= 4 is 5.69 Å². The minimum atomic E-state index is -0.314. The lowest BCUT2D eigenvalue weighted by atomic mass is 10.0. The Morgan fingerprint density at radius 1 is 1.37 bits per heavy atom. The Balaban J connectivity index is 1.88. The summed E-state index contributed by atoms with van der Waals surface area (Å²) in [7, 11) is 1.49. The largest absolute Gasteiger partial charge is 0.494 e. The fourth-order valence-corrected chi connectivity index (χ4v) is 2.60. The monoisotopic (exact) mass is 266 g/mol. The lowest BCUT2D eigenvalue weighted by Crippen LogP contribution is -2.39. The van der Waals surface area contributed by atoms with Gasteiger partial charge in [-0.1, -0.05) is 6.92 Å². The molecule has 1 aliphatic heterocycles. The molecule has 1 aliphatic rings. The zero-order valence-corrected chi connectivity index (χ0v) is 11.8. The number of anilines is 1. The smallest absolute Gasteiger partial charge is 0.165 e. The minimum Gasteiger partial charge on any atom is -0.494 e. The number of piperidine rings is 1. The van der Waals surface area contributed by atoms with Crippen LogP contribution in [0.4, 0.5) is 10.1 Å². The second-order valence-electron chi connectivity index (χ2n) is 5.11. The standard InChI is InChI=1S/C15H23FN2O/c1-3-8-18-9-6-12(7-10-18)17-13-4-5-14(16)15(11-13)19-2/h4-5,11-12,17H,3,6-10H2,1-2H3. The number of hydrogen-bond acceptors (Lipinski definition) is 3. The molecule has 19 heavy (non-hydrogen) atoms. The molecule has 1 N–H and O–H groups in total. The van der Waals surface area contributed by atoms with Gasteiger partial charge >= 0.3 is 0 Å². The van der Waals surface area contributed by atoms with E-state index >= 15 is 0 Å². The molecule has 0 atom stereocenters. The van der Waals surface area contributed by atoms with E-state index in [1.165, 1.54) is 26.1 Å². The van der Waals surface area contributed by atoms with Gasteiger partial charge < -0.3 is 15.0 Å². The summed E-state index contributed by atoms with van der Waals surface area (Å²) in [4.78, 5) is 2.50. The number of benzene rings is 1. The summed E-state index contributed by atoms with van der Waals surface area (Å²) in [6.45, 7) is 5.69. The van der Waals surface area contributed by atoms with Crippen molar-refractivity contribution in [2.24, 2.45) is 0 Å². The zero-order chi connectivity index (χ0) is 13.7. The topological polar surface area (TPSA) is 24.5 Å². The van der Waals surface area contributed by atoms with E-state index in [1.54, 1.807) is 12.1 Å². The molecule has 1 saturated heterocycles. The molecule has 1 heterocycles. The van der Waals surface area contributed by atoms with E-state index in [0.717, 1.165) is 31.6 Å². The van der Waals surface area contributed by atoms with E-state index in [9.17, 15) is 4.39 Å². The highest BCUT2D eigenvalue weighted by Gasteiger charge is 2.18. The van der Waals surface area contributed by atoms with E-state index in [-0.39, 0.29) is 5.82 Å². The molecule has 0 aromatic heterocycles. The second kappa shape index (κ2) is 6.75. The normalized spacial score (nSPS) is 17.4. The summed E-state index contributed by atoms with van der Waals surface area (Å²) in [5, 5.41) is 3.47. The number of halogens is 1. The molecule has 0 bridgehead atoms. The fraction of sp³-hybridized carbons (Fsp3) is 0.600. The van der Waals surface area contributed by atoms with Gasteiger partial charge in [0, 0.05) is 30.9 Å². The van der Waals surface area contributed by atoms with E-state index in [4.69, 9.17) is 4.74 Å². The number of likely N-dealkylation sites (tertiary alicyclic amines) is 1. The summed E-state index contributed by atoms with van der Waals surface area (Å²) >= 11 is 0. The maximum atomic E-state index is 13.3. The predicted octanol–water partition coefficient (Wildman–Crippen LogP) is 3.12. The van der Waals surface area contributed by atoms with Gasteiger partial charge in [0.2, 0.25) is 0 Å². The van der Waals surface area contributed by atoms with Gasteiger partial charge in [-0.15, -0.1) is 0 Å². The van der Waals surface area contributed by atoms with Gasteiger partial charge in [-0.2, -0.15) is 0 Å². The number of hydrogen-bond donors (Lipinski definition) is 1. The Morgan fingerprint density at radius 2 is 2.11 bits per heavy atom. The quantitative estimate of drug-likeness (QED) is 0.886. The van der Waals surface area contributed by atoms with E-state index in [1.807, 2.05) is 0 Å². The summed E-state index contributed by atoms with van der Waals surface area (Å²) in [6, 6.07) is 5.43. The van der Waals surface area contributed by atoms with Gasteiger partial charge in [-0.3, -0.25) is 0 Å². The average molecular weight is 266 g/mol. The molecule has 2 rings (SSSR count). The molecule has 106 valence electrons. The van der Waals surface area contributed by atoms with E-state index < -0.39 is 0 Å². The second-order valence-corrected chi connectivity index (χ2v) is 5.11. The third-order valence-electron chi connectivity index (χ3n) is 3.65. The van der Waals surface area contributed by atoms with Crippen LogP contribution in [0.3, 0.4) is 0 Å². The van der Waals surface area contributed by atoms with Crippen molar-refractivity contribution in [3.8, 4) is 5.75 Å². The summed E-state index contributed by atoms with van der Waals surface area (Å²) < 4.78 is 18.3. The molecular weight excluding hydrogens is 243 g/mol. The van der Waals surface area contributed by atoms with Crippen LogP contribution in [-0.4, -0.2) is 37.7 Å². The Bertz CT molecular complexity index is 403. The van der Waals surface area contributed by atoms with Crippen molar-refractivity contribution < 1.29 is 9.13 Å². The van der Waals surface area contributed by atoms with Crippen LogP contribution >= 0.6 is 0 Å². The number of nitrogens with one attached hydrogen (secondary N) is 1. The third-order valence-corrected chi connectivity index (χ3v) is 3.65. The SMILES string of the molecule is CCCN1CCC(Nc2ccc(F)c(OC)c2)CC1. The minimum absolute atomic E-state index is 0.299. The van der Waals surface area contributed by atoms with E-state index in [0.29, 0.717) is 11.8 Å². The molecule has 4 heteroatoms. The molecule has 1 aromatic rings. The van der Waals surface area contributed by atoms with Crippen molar-refractivity contribution in [1.29, 1.82) is 0 Å². The molecular formula is C15H23FN2O. The Hall–Kier alpha value is -1.29. The Morgan fingerprint density at radius 3 is 2.74 bits per heavy atom. The summed E-state index contributed by atoms with van der Waals surface area (Å²) in [5.74, 6) is -0.0146. The van der Waals surface area contributed by atoms with Crippen LogP contribution in [0.5, 0.6) is 5.75 Å². The molecule has 1 fully saturated rings. The van der Waals surface area contributed by atoms with Crippen LogP contribution in [0.15, 0.2) is 18.2 Å². The van der Waals surface area contributed by atoms with Crippen molar-refractivity contribution in [1.82, 2.24) is 4.90 Å². The molecule has 0 amide bonds. The van der Waals surface area contributed by atoms with Crippen LogP contribution < -0.4 is 10.1 Å². The lowest BCUT2D eigenvalue weighted by molar-refractivity contribution is 0.219. The predicted molar refractivity (Wildman–Crippen MR) is 76.3 cm³/mol. The van der Waals surface area contributed by atoms with Crippen LogP contribution in [0, 0.1) is 5.82 Å². The van der Waals surface area contributed by atoms with Crippen LogP contribution in [0.2, 0.25) is 0 Å². The summed E-state index contributed by atoms with van der Waals surface area (Å²) in [5.41, 5.74) is 0.937. The van der Waals surface area contributed by atoms with Crippen molar-refractivity contribution in [2.45, 2.75) is 32.2 Å². The Labute approximate surface area is 114 Å². The Kier molecular flexibility index (Phi) is 5.02. The molecule has 0 aliphatic carbocycles. The first-order valence-corrected chi connectivity index (χ1v) is 7.05. The van der Waals surface area contributed by atoms with Gasteiger partial charge in [0.05, 0.1) is 7.11 Å². The number of rotatable bonds is 5. The van der Waals surface area contributed by atoms with Crippen LogP contribution in [-0.2, 0) is 0 Å². The molecule has 3 nitrogen and oxygen atoms in total. The highest BCUT2D eigenvalue weighted by molar-refractivity contribution is 5.49. The van der Waals surface area contributed by atoms with Crippen LogP contribution in [0.1, 0.15) is 26.2 Å². The third kappa shape index (κ3) is 3.83. The molecule has 0 spiro atoms. The molecule has 1 aromatic carbocycles. The van der Waals surface area contributed by atoms with Gasteiger partial charge in [-0.25, -0.2) is 4.39 Å². The molecule has 0 radical (unpaired) electrons. The number of methoxy groups -OCH3 is 1. The first kappa shape index (κ1) is 14.1. The average Bonchev–Trinajstić information content (AvgIpc) is 2.43. The van der Waals surface area contributed by atoms with Gasteiger partial charge in [0.1, 0.15) is 0 Å². The van der Waals surface area contributed by atoms with Crippen molar-refractivity contribution in [3.05, 3.63) is 24.0 Å². The molecule has 0 unspecified atom stereocenters. The zero-order valence-electron chi connectivity index (χ0n) is 11.8. The number of nitrogens with zero attached hydrogens (tertiary/aromatic N) is 1. The van der Waals surface area contributed by atoms with Gasteiger partial charge in [0.25, 0.3) is 0 Å².